The third-order valence-corrected chi connectivity index (χ3v) is 2.42. The summed E-state index contributed by atoms with van der Waals surface area (Å²) < 4.78 is 12.6. The molecular formula is C10H13FN2. The van der Waals surface area contributed by atoms with Crippen LogP contribution in [0.25, 0.3) is 0 Å². The Balaban J connectivity index is 2.13. The Morgan fingerprint density at radius 2 is 2.00 bits per heavy atom. The van der Waals surface area contributed by atoms with E-state index in [4.69, 9.17) is 5.73 Å². The Hall–Kier alpha value is -1.09. The number of nitrogens with two attached hydrogens (primary N) is 1. The lowest BCUT2D eigenvalue weighted by atomic mass is 10.3. The van der Waals surface area contributed by atoms with Crippen molar-refractivity contribution in [2.24, 2.45) is 5.73 Å². The molecule has 1 heterocycles. The van der Waals surface area contributed by atoms with Crippen molar-refractivity contribution >= 4 is 5.69 Å². The van der Waals surface area contributed by atoms with Crippen molar-refractivity contribution in [1.29, 1.82) is 0 Å². The van der Waals surface area contributed by atoms with Gasteiger partial charge in [0.05, 0.1) is 0 Å². The van der Waals surface area contributed by atoms with Gasteiger partial charge in [0.15, 0.2) is 0 Å². The Morgan fingerprint density at radius 3 is 2.54 bits per heavy atom. The molecule has 0 bridgehead atoms. The van der Waals surface area contributed by atoms with Gasteiger partial charge < -0.3 is 10.6 Å². The van der Waals surface area contributed by atoms with Crippen molar-refractivity contribution in [3.05, 3.63) is 30.1 Å². The molecule has 1 aromatic rings. The second-order valence-electron chi connectivity index (χ2n) is 3.47. The number of hydrogen-bond donors (Lipinski definition) is 1. The maximum atomic E-state index is 12.6. The van der Waals surface area contributed by atoms with E-state index in [0.717, 1.165) is 25.2 Å². The zero-order valence-electron chi connectivity index (χ0n) is 7.41. The van der Waals surface area contributed by atoms with Crippen molar-refractivity contribution in [1.82, 2.24) is 0 Å². The fraction of sp³-hybridized carbons (Fsp3) is 0.400. The number of rotatable bonds is 1. The van der Waals surface area contributed by atoms with Gasteiger partial charge in [-0.05, 0) is 30.7 Å². The number of benzene rings is 1. The molecule has 1 saturated heterocycles. The van der Waals surface area contributed by atoms with Gasteiger partial charge in [0, 0.05) is 24.8 Å². The molecule has 0 spiro atoms. The second kappa shape index (κ2) is 3.34. The number of anilines is 1. The minimum atomic E-state index is -0.188. The highest BCUT2D eigenvalue weighted by Gasteiger charge is 2.18. The highest BCUT2D eigenvalue weighted by molar-refractivity contribution is 5.47. The smallest absolute Gasteiger partial charge is 0.123 e. The quantitative estimate of drug-likeness (QED) is 0.707. The summed E-state index contributed by atoms with van der Waals surface area (Å²) in [4.78, 5) is 2.18. The van der Waals surface area contributed by atoms with Gasteiger partial charge in [-0.3, -0.25) is 0 Å². The van der Waals surface area contributed by atoms with E-state index in [9.17, 15) is 4.39 Å². The van der Waals surface area contributed by atoms with Gasteiger partial charge in [0.1, 0.15) is 5.82 Å². The first kappa shape index (κ1) is 8.51. The number of hydrogen-bond acceptors (Lipinski definition) is 2. The topological polar surface area (TPSA) is 29.3 Å². The average molecular weight is 180 g/mol. The molecule has 1 aromatic carbocycles. The highest BCUT2D eigenvalue weighted by atomic mass is 19.1. The van der Waals surface area contributed by atoms with Crippen LogP contribution in [0.1, 0.15) is 6.42 Å². The molecule has 2 nitrogen and oxygen atoms in total. The SMILES string of the molecule is N[C@@H]1CCN(c2ccc(F)cc2)C1. The zero-order valence-corrected chi connectivity index (χ0v) is 7.41. The van der Waals surface area contributed by atoms with E-state index in [-0.39, 0.29) is 11.9 Å². The van der Waals surface area contributed by atoms with Crippen LogP contribution in [-0.4, -0.2) is 19.1 Å². The molecule has 70 valence electrons. The Bertz CT molecular complexity index is 283. The first-order valence-corrected chi connectivity index (χ1v) is 4.52. The molecule has 1 aliphatic rings. The van der Waals surface area contributed by atoms with Gasteiger partial charge in [-0.15, -0.1) is 0 Å². The van der Waals surface area contributed by atoms with Gasteiger partial charge in [-0.1, -0.05) is 0 Å². The fourth-order valence-corrected chi connectivity index (χ4v) is 1.67. The molecule has 2 rings (SSSR count). The van der Waals surface area contributed by atoms with E-state index in [1.165, 1.54) is 12.1 Å². The zero-order chi connectivity index (χ0) is 9.26. The second-order valence-corrected chi connectivity index (χ2v) is 3.47. The van der Waals surface area contributed by atoms with E-state index in [1.807, 2.05) is 0 Å². The molecule has 0 aromatic heterocycles. The molecule has 1 atom stereocenters. The maximum absolute atomic E-state index is 12.6. The maximum Gasteiger partial charge on any atom is 0.123 e. The minimum Gasteiger partial charge on any atom is -0.370 e. The van der Waals surface area contributed by atoms with Crippen LogP contribution in [0.5, 0.6) is 0 Å². The summed E-state index contributed by atoms with van der Waals surface area (Å²) in [6.07, 6.45) is 1.03. The molecule has 0 amide bonds. The average Bonchev–Trinajstić information content (AvgIpc) is 2.53. The summed E-state index contributed by atoms with van der Waals surface area (Å²) in [5, 5.41) is 0. The number of nitrogens with zero attached hydrogens (tertiary/aromatic N) is 1. The molecule has 0 saturated carbocycles. The van der Waals surface area contributed by atoms with Crippen LogP contribution in [-0.2, 0) is 0 Å². The van der Waals surface area contributed by atoms with Gasteiger partial charge in [-0.25, -0.2) is 4.39 Å². The molecular weight excluding hydrogens is 167 g/mol. The standard InChI is InChI=1S/C10H13FN2/c11-8-1-3-10(4-2-8)13-6-5-9(12)7-13/h1-4,9H,5-7,12H2/t9-/m1/s1. The van der Waals surface area contributed by atoms with Crippen LogP contribution in [0.4, 0.5) is 10.1 Å². The molecule has 13 heavy (non-hydrogen) atoms. The van der Waals surface area contributed by atoms with E-state index >= 15 is 0 Å². The first-order valence-electron chi connectivity index (χ1n) is 4.52. The molecule has 0 aliphatic carbocycles. The van der Waals surface area contributed by atoms with E-state index in [2.05, 4.69) is 4.90 Å². The number of halogens is 1. The van der Waals surface area contributed by atoms with Gasteiger partial charge in [-0.2, -0.15) is 0 Å². The van der Waals surface area contributed by atoms with Crippen LogP contribution in [0.15, 0.2) is 24.3 Å². The largest absolute Gasteiger partial charge is 0.370 e. The Labute approximate surface area is 77.2 Å². The van der Waals surface area contributed by atoms with Crippen LogP contribution >= 0.6 is 0 Å². The van der Waals surface area contributed by atoms with Gasteiger partial charge in [0.25, 0.3) is 0 Å². The lowest BCUT2D eigenvalue weighted by Gasteiger charge is -2.17. The predicted molar refractivity (Wildman–Crippen MR) is 51.2 cm³/mol. The van der Waals surface area contributed by atoms with Gasteiger partial charge in [0.2, 0.25) is 0 Å². The van der Waals surface area contributed by atoms with Crippen molar-refractivity contribution in [3.8, 4) is 0 Å². The summed E-state index contributed by atoms with van der Waals surface area (Å²) in [6.45, 7) is 1.86. The Morgan fingerprint density at radius 1 is 1.31 bits per heavy atom. The monoisotopic (exact) mass is 180 g/mol. The first-order chi connectivity index (χ1) is 6.25. The molecule has 3 heteroatoms. The van der Waals surface area contributed by atoms with Crippen molar-refractivity contribution in [3.63, 3.8) is 0 Å². The molecule has 0 unspecified atom stereocenters. The van der Waals surface area contributed by atoms with Crippen LogP contribution in [0.2, 0.25) is 0 Å². The summed E-state index contributed by atoms with van der Waals surface area (Å²) in [7, 11) is 0. The lowest BCUT2D eigenvalue weighted by Crippen LogP contribution is -2.26. The fourth-order valence-electron chi connectivity index (χ4n) is 1.67. The minimum absolute atomic E-state index is 0.188. The van der Waals surface area contributed by atoms with Crippen LogP contribution in [0.3, 0.4) is 0 Å². The molecule has 0 radical (unpaired) electrons. The summed E-state index contributed by atoms with van der Waals surface area (Å²) in [5.74, 6) is -0.188. The third-order valence-electron chi connectivity index (χ3n) is 2.42. The van der Waals surface area contributed by atoms with E-state index < -0.39 is 0 Å². The summed E-state index contributed by atoms with van der Waals surface area (Å²) in [5.41, 5.74) is 6.84. The van der Waals surface area contributed by atoms with Crippen LogP contribution < -0.4 is 10.6 Å². The molecule has 1 fully saturated rings. The van der Waals surface area contributed by atoms with E-state index in [0.29, 0.717) is 0 Å². The normalized spacial score (nSPS) is 22.3. The summed E-state index contributed by atoms with van der Waals surface area (Å²) >= 11 is 0. The lowest BCUT2D eigenvalue weighted by molar-refractivity contribution is 0.627. The Kier molecular flexibility index (Phi) is 2.19. The van der Waals surface area contributed by atoms with Crippen molar-refractivity contribution in [2.75, 3.05) is 18.0 Å². The molecule has 1 aliphatic heterocycles. The van der Waals surface area contributed by atoms with E-state index in [1.54, 1.807) is 12.1 Å². The van der Waals surface area contributed by atoms with Crippen molar-refractivity contribution in [2.45, 2.75) is 12.5 Å². The van der Waals surface area contributed by atoms with Crippen LogP contribution in [0, 0.1) is 5.82 Å². The van der Waals surface area contributed by atoms with Crippen molar-refractivity contribution < 1.29 is 4.39 Å². The third kappa shape index (κ3) is 1.80. The highest BCUT2D eigenvalue weighted by Crippen LogP contribution is 2.19. The molecule has 2 N–H and O–H groups in total. The summed E-state index contributed by atoms with van der Waals surface area (Å²) in [6, 6.07) is 6.84. The predicted octanol–water partition coefficient (Wildman–Crippen LogP) is 1.36. The van der Waals surface area contributed by atoms with Gasteiger partial charge >= 0.3 is 0 Å².